The molecule has 3 aromatic rings. The first-order chi connectivity index (χ1) is 14.8. The molecule has 1 aliphatic heterocycles. The molecule has 0 aliphatic carbocycles. The van der Waals surface area contributed by atoms with Gasteiger partial charge in [-0.3, -0.25) is 4.79 Å². The van der Waals surface area contributed by atoms with E-state index in [1.807, 2.05) is 38.1 Å². The highest BCUT2D eigenvalue weighted by atomic mass is 32.2. The summed E-state index contributed by atoms with van der Waals surface area (Å²) >= 11 is 1.35. The zero-order valence-electron chi connectivity index (χ0n) is 17.5. The van der Waals surface area contributed by atoms with Gasteiger partial charge in [0.2, 0.25) is 15.7 Å². The predicted octanol–water partition coefficient (Wildman–Crippen LogP) is 4.77. The molecule has 6 nitrogen and oxygen atoms in total. The van der Waals surface area contributed by atoms with Crippen LogP contribution in [-0.4, -0.2) is 28.0 Å². The second-order valence-corrected chi connectivity index (χ2v) is 10.1. The maximum Gasteiger partial charge on any atom is 0.225 e. The molecule has 31 heavy (non-hydrogen) atoms. The highest BCUT2D eigenvalue weighted by Crippen LogP contribution is 2.47. The van der Waals surface area contributed by atoms with E-state index in [0.717, 1.165) is 16.0 Å². The highest BCUT2D eigenvalue weighted by molar-refractivity contribution is 7.91. The summed E-state index contributed by atoms with van der Waals surface area (Å²) in [5, 5.41) is 4.42. The second kappa shape index (κ2) is 8.36. The summed E-state index contributed by atoms with van der Waals surface area (Å²) < 4.78 is 37.7. The zero-order valence-corrected chi connectivity index (χ0v) is 19.1. The van der Waals surface area contributed by atoms with Crippen LogP contribution in [0.25, 0.3) is 0 Å². The predicted molar refractivity (Wildman–Crippen MR) is 120 cm³/mol. The van der Waals surface area contributed by atoms with Crippen LogP contribution in [-0.2, 0) is 14.6 Å². The average molecular weight is 458 g/mol. The topological polar surface area (TPSA) is 81.7 Å². The summed E-state index contributed by atoms with van der Waals surface area (Å²) in [4.78, 5) is 13.7. The van der Waals surface area contributed by atoms with Crippen LogP contribution in [0.1, 0.15) is 35.3 Å². The highest BCUT2D eigenvalue weighted by Gasteiger charge is 2.34. The van der Waals surface area contributed by atoms with Crippen molar-refractivity contribution in [2.75, 3.05) is 19.0 Å². The van der Waals surface area contributed by atoms with E-state index in [-0.39, 0.29) is 28.0 Å². The Labute approximate surface area is 185 Å². The number of anilines is 1. The maximum atomic E-state index is 13.3. The van der Waals surface area contributed by atoms with Crippen molar-refractivity contribution in [3.63, 3.8) is 0 Å². The lowest BCUT2D eigenvalue weighted by atomic mass is 9.90. The first kappa shape index (κ1) is 21.4. The van der Waals surface area contributed by atoms with Gasteiger partial charge in [-0.15, -0.1) is 11.3 Å². The van der Waals surface area contributed by atoms with Crippen molar-refractivity contribution in [3.05, 3.63) is 63.8 Å². The fourth-order valence-corrected chi connectivity index (χ4v) is 6.77. The number of hydrogen-bond donors (Lipinski definition) is 1. The van der Waals surface area contributed by atoms with Gasteiger partial charge in [-0.2, -0.15) is 0 Å². The molecule has 1 aromatic heterocycles. The summed E-state index contributed by atoms with van der Waals surface area (Å²) in [5.41, 5.74) is 2.11. The Morgan fingerprint density at radius 1 is 1.16 bits per heavy atom. The van der Waals surface area contributed by atoms with E-state index in [4.69, 9.17) is 9.47 Å². The minimum Gasteiger partial charge on any atom is -0.493 e. The van der Waals surface area contributed by atoms with Crippen molar-refractivity contribution in [1.29, 1.82) is 0 Å². The second-order valence-electron chi connectivity index (χ2n) is 7.31. The molecule has 0 saturated heterocycles. The molecule has 8 heteroatoms. The number of hydrogen-bond acceptors (Lipinski definition) is 6. The lowest BCUT2D eigenvalue weighted by molar-refractivity contribution is -0.116. The molecular weight excluding hydrogens is 434 g/mol. The summed E-state index contributed by atoms with van der Waals surface area (Å²) in [6.45, 7) is 4.22. The minimum absolute atomic E-state index is 0.134. The molecule has 2 aromatic carbocycles. The van der Waals surface area contributed by atoms with E-state index in [2.05, 4.69) is 5.32 Å². The smallest absolute Gasteiger partial charge is 0.225 e. The van der Waals surface area contributed by atoms with Crippen LogP contribution in [0.15, 0.2) is 57.6 Å². The SMILES string of the molecule is CCOc1cc([C@H]2CC(=O)Nc3c(S(=O)(=O)c4cccc(C)c4)csc32)ccc1OC. The van der Waals surface area contributed by atoms with E-state index in [9.17, 15) is 13.2 Å². The number of fused-ring (bicyclic) bond motifs is 1. The number of methoxy groups -OCH3 is 1. The maximum absolute atomic E-state index is 13.3. The number of sulfone groups is 1. The van der Waals surface area contributed by atoms with Gasteiger partial charge in [-0.05, 0) is 49.2 Å². The van der Waals surface area contributed by atoms with Crippen LogP contribution < -0.4 is 14.8 Å². The molecular formula is C23H23NO5S2. The number of carbonyl (C=O) groups excluding carboxylic acids is 1. The number of ether oxygens (including phenoxy) is 2. The summed E-state index contributed by atoms with van der Waals surface area (Å²) in [7, 11) is -2.19. The van der Waals surface area contributed by atoms with Gasteiger partial charge < -0.3 is 14.8 Å². The number of amides is 1. The first-order valence-corrected chi connectivity index (χ1v) is 12.2. The molecule has 0 fully saturated rings. The standard InChI is InChI=1S/C23H23NO5S2/c1-4-29-19-11-15(8-9-18(19)28-3)17-12-21(25)24-22-20(13-30-23(17)22)31(26,27)16-7-5-6-14(2)10-16/h5-11,13,17H,4,12H2,1-3H3,(H,24,25)/t17-/m1/s1. The summed E-state index contributed by atoms with van der Waals surface area (Å²) in [6, 6.07) is 12.3. The Bertz CT molecular complexity index is 1250. The van der Waals surface area contributed by atoms with E-state index in [1.165, 1.54) is 11.3 Å². The lowest BCUT2D eigenvalue weighted by Crippen LogP contribution is -2.23. The van der Waals surface area contributed by atoms with E-state index in [0.29, 0.717) is 23.8 Å². The first-order valence-electron chi connectivity index (χ1n) is 9.89. The van der Waals surface area contributed by atoms with Gasteiger partial charge in [0.1, 0.15) is 4.90 Å². The molecule has 162 valence electrons. The Balaban J connectivity index is 1.80. The average Bonchev–Trinajstić information content (AvgIpc) is 3.18. The minimum atomic E-state index is -3.77. The fourth-order valence-electron chi connectivity index (χ4n) is 3.76. The van der Waals surface area contributed by atoms with Crippen LogP contribution in [0.4, 0.5) is 5.69 Å². The number of aryl methyl sites for hydroxylation is 1. The van der Waals surface area contributed by atoms with Crippen LogP contribution in [0, 0.1) is 6.92 Å². The molecule has 0 unspecified atom stereocenters. The Morgan fingerprint density at radius 3 is 2.68 bits per heavy atom. The van der Waals surface area contributed by atoms with Gasteiger partial charge in [0.25, 0.3) is 0 Å². The van der Waals surface area contributed by atoms with Crippen molar-refractivity contribution < 1.29 is 22.7 Å². The van der Waals surface area contributed by atoms with Gasteiger partial charge >= 0.3 is 0 Å². The largest absolute Gasteiger partial charge is 0.493 e. The molecule has 0 saturated carbocycles. The summed E-state index contributed by atoms with van der Waals surface area (Å²) in [6.07, 6.45) is 0.231. The van der Waals surface area contributed by atoms with Crippen molar-refractivity contribution >= 4 is 32.8 Å². The molecule has 0 radical (unpaired) electrons. The quantitative estimate of drug-likeness (QED) is 0.577. The van der Waals surface area contributed by atoms with Gasteiger partial charge in [-0.1, -0.05) is 18.2 Å². The van der Waals surface area contributed by atoms with Crippen molar-refractivity contribution in [1.82, 2.24) is 0 Å². The molecule has 2 heterocycles. The Hall–Kier alpha value is -2.84. The van der Waals surface area contributed by atoms with E-state index < -0.39 is 9.84 Å². The number of thiophene rings is 1. The third-order valence-corrected chi connectivity index (χ3v) is 8.26. The molecule has 4 rings (SSSR count). The van der Waals surface area contributed by atoms with Crippen LogP contribution in [0.5, 0.6) is 11.5 Å². The van der Waals surface area contributed by atoms with Crippen LogP contribution >= 0.6 is 11.3 Å². The van der Waals surface area contributed by atoms with Crippen molar-refractivity contribution in [3.8, 4) is 11.5 Å². The fraction of sp³-hybridized carbons (Fsp3) is 0.261. The van der Waals surface area contributed by atoms with Gasteiger partial charge in [-0.25, -0.2) is 8.42 Å². The lowest BCUT2D eigenvalue weighted by Gasteiger charge is -2.24. The number of carbonyl (C=O) groups is 1. The molecule has 1 amide bonds. The van der Waals surface area contributed by atoms with Gasteiger partial charge in [0.05, 0.1) is 24.3 Å². The zero-order chi connectivity index (χ0) is 22.2. The normalized spacial score (nSPS) is 15.8. The third kappa shape index (κ3) is 3.93. The number of nitrogens with one attached hydrogen (secondary N) is 1. The van der Waals surface area contributed by atoms with Gasteiger partial charge in [0, 0.05) is 22.6 Å². The van der Waals surface area contributed by atoms with Crippen molar-refractivity contribution in [2.24, 2.45) is 0 Å². The molecule has 0 bridgehead atoms. The molecule has 1 aliphatic rings. The van der Waals surface area contributed by atoms with Crippen molar-refractivity contribution in [2.45, 2.75) is 36.0 Å². The molecule has 1 N–H and O–H groups in total. The van der Waals surface area contributed by atoms with Crippen LogP contribution in [0.2, 0.25) is 0 Å². The van der Waals surface area contributed by atoms with E-state index in [1.54, 1.807) is 30.7 Å². The third-order valence-electron chi connectivity index (χ3n) is 5.24. The number of benzene rings is 2. The van der Waals surface area contributed by atoms with E-state index >= 15 is 0 Å². The monoisotopic (exact) mass is 457 g/mol. The molecule has 1 atom stereocenters. The van der Waals surface area contributed by atoms with Crippen LogP contribution in [0.3, 0.4) is 0 Å². The number of rotatable bonds is 6. The summed E-state index contributed by atoms with van der Waals surface area (Å²) in [5.74, 6) is 0.727. The Morgan fingerprint density at radius 2 is 1.97 bits per heavy atom. The molecule has 0 spiro atoms. The van der Waals surface area contributed by atoms with Gasteiger partial charge in [0.15, 0.2) is 11.5 Å². The Kier molecular flexibility index (Phi) is 5.77.